The minimum Gasteiger partial charge on any atom is -0.329 e. The third kappa shape index (κ3) is 2.62. The fourth-order valence-corrected chi connectivity index (χ4v) is 3.60. The van der Waals surface area contributed by atoms with Gasteiger partial charge < -0.3 is 5.73 Å². The predicted octanol–water partition coefficient (Wildman–Crippen LogP) is 1.24. The lowest BCUT2D eigenvalue weighted by Gasteiger charge is -2.41. The summed E-state index contributed by atoms with van der Waals surface area (Å²) in [5, 5.41) is 4.47. The first-order valence-corrected chi connectivity index (χ1v) is 7.91. The second kappa shape index (κ2) is 5.84. The maximum atomic E-state index is 6.07. The van der Waals surface area contributed by atoms with E-state index in [-0.39, 0.29) is 0 Å². The summed E-state index contributed by atoms with van der Waals surface area (Å²) in [4.78, 5) is 5.20. The maximum absolute atomic E-state index is 6.07. The Kier molecular flexibility index (Phi) is 4.10. The molecule has 20 heavy (non-hydrogen) atoms. The largest absolute Gasteiger partial charge is 0.329 e. The molecule has 0 saturated carbocycles. The number of nitrogens with zero attached hydrogens (tertiary/aromatic N) is 4. The second-order valence-electron chi connectivity index (χ2n) is 6.43. The van der Waals surface area contributed by atoms with Gasteiger partial charge in [0.05, 0.1) is 12.2 Å². The molecule has 2 aliphatic heterocycles. The van der Waals surface area contributed by atoms with Crippen molar-refractivity contribution >= 4 is 0 Å². The molecule has 1 aromatic heterocycles. The number of hydrogen-bond donors (Lipinski definition) is 1. The quantitative estimate of drug-likeness (QED) is 0.900. The van der Waals surface area contributed by atoms with Crippen LogP contribution in [-0.2, 0) is 0 Å². The van der Waals surface area contributed by atoms with Gasteiger partial charge in [-0.15, -0.1) is 0 Å². The van der Waals surface area contributed by atoms with Gasteiger partial charge in [-0.05, 0) is 33.2 Å². The normalized spacial score (nSPS) is 26.1. The van der Waals surface area contributed by atoms with Crippen LogP contribution in [0.25, 0.3) is 0 Å². The van der Waals surface area contributed by atoms with Crippen LogP contribution in [0.2, 0.25) is 0 Å². The first kappa shape index (κ1) is 14.0. The average Bonchev–Trinajstić information content (AvgIpc) is 3.07. The molecule has 0 aromatic carbocycles. The van der Waals surface area contributed by atoms with E-state index >= 15 is 0 Å². The third-order valence-electron chi connectivity index (χ3n) is 4.82. The Bertz CT molecular complexity index is 441. The van der Waals surface area contributed by atoms with Gasteiger partial charge in [0, 0.05) is 50.0 Å². The minimum absolute atomic E-state index is 0.324. The highest BCUT2D eigenvalue weighted by Crippen LogP contribution is 2.27. The van der Waals surface area contributed by atoms with Gasteiger partial charge in [-0.2, -0.15) is 5.10 Å². The highest BCUT2D eigenvalue weighted by Gasteiger charge is 2.33. The Hall–Kier alpha value is -0.910. The summed E-state index contributed by atoms with van der Waals surface area (Å²) >= 11 is 0. The van der Waals surface area contributed by atoms with Crippen LogP contribution in [0.3, 0.4) is 0 Å². The number of fused-ring (bicyclic) bond motifs is 1. The van der Waals surface area contributed by atoms with Crippen molar-refractivity contribution in [3.63, 3.8) is 0 Å². The third-order valence-corrected chi connectivity index (χ3v) is 4.82. The molecule has 0 spiro atoms. The van der Waals surface area contributed by atoms with E-state index in [0.29, 0.717) is 18.6 Å². The van der Waals surface area contributed by atoms with Crippen LogP contribution < -0.4 is 5.73 Å². The van der Waals surface area contributed by atoms with Crippen LogP contribution in [0.15, 0.2) is 12.4 Å². The van der Waals surface area contributed by atoms with Gasteiger partial charge in [0.2, 0.25) is 0 Å². The van der Waals surface area contributed by atoms with Crippen molar-refractivity contribution in [2.24, 2.45) is 5.73 Å². The maximum Gasteiger partial charge on any atom is 0.0538 e. The Balaban J connectivity index is 1.72. The van der Waals surface area contributed by atoms with Crippen LogP contribution in [0.5, 0.6) is 0 Å². The monoisotopic (exact) mass is 277 g/mol. The fourth-order valence-electron chi connectivity index (χ4n) is 3.60. The van der Waals surface area contributed by atoms with Crippen LogP contribution in [0.1, 0.15) is 44.3 Å². The van der Waals surface area contributed by atoms with Gasteiger partial charge in [-0.3, -0.25) is 14.5 Å². The van der Waals surface area contributed by atoms with E-state index in [1.165, 1.54) is 31.5 Å². The molecule has 5 heteroatoms. The summed E-state index contributed by atoms with van der Waals surface area (Å²) < 4.78 is 2.03. The second-order valence-corrected chi connectivity index (χ2v) is 6.43. The lowest BCUT2D eigenvalue weighted by molar-refractivity contribution is 0.0737. The zero-order chi connectivity index (χ0) is 14.1. The SMILES string of the molecule is CC(C)n1cc(C(CN)N2CCN3CCCC3C2)cn1. The average molecular weight is 277 g/mol. The van der Waals surface area contributed by atoms with Gasteiger partial charge in [0.15, 0.2) is 0 Å². The van der Waals surface area contributed by atoms with Crippen LogP contribution in [0, 0.1) is 0 Å². The Labute approximate surface area is 121 Å². The molecule has 112 valence electrons. The van der Waals surface area contributed by atoms with E-state index in [0.717, 1.165) is 19.1 Å². The summed E-state index contributed by atoms with van der Waals surface area (Å²) in [6, 6.07) is 1.48. The smallest absolute Gasteiger partial charge is 0.0538 e. The van der Waals surface area contributed by atoms with Gasteiger partial charge in [0.25, 0.3) is 0 Å². The predicted molar refractivity (Wildman–Crippen MR) is 80.6 cm³/mol. The summed E-state index contributed by atoms with van der Waals surface area (Å²) in [6.45, 7) is 9.77. The molecule has 3 heterocycles. The lowest BCUT2D eigenvalue weighted by Crippen LogP contribution is -2.52. The molecule has 1 aromatic rings. The van der Waals surface area contributed by atoms with E-state index in [4.69, 9.17) is 5.73 Å². The summed E-state index contributed by atoms with van der Waals surface area (Å²) in [7, 11) is 0. The highest BCUT2D eigenvalue weighted by molar-refractivity contribution is 5.12. The molecule has 0 bridgehead atoms. The zero-order valence-electron chi connectivity index (χ0n) is 12.7. The summed E-state index contributed by atoms with van der Waals surface area (Å²) in [5.41, 5.74) is 7.34. The zero-order valence-corrected chi connectivity index (χ0v) is 12.7. The van der Waals surface area contributed by atoms with Crippen molar-refractivity contribution in [1.29, 1.82) is 0 Å². The van der Waals surface area contributed by atoms with Crippen molar-refractivity contribution in [3.8, 4) is 0 Å². The standard InChI is InChI=1S/C15H27N5/c1-12(2)20-10-13(9-17-20)15(8-16)19-7-6-18-5-3-4-14(18)11-19/h9-10,12,14-15H,3-8,11,16H2,1-2H3. The first-order chi connectivity index (χ1) is 9.69. The molecule has 2 N–H and O–H groups in total. The number of aromatic nitrogens is 2. The molecule has 2 aliphatic rings. The molecule has 2 atom stereocenters. The van der Waals surface area contributed by atoms with E-state index in [1.54, 1.807) is 0 Å². The minimum atomic E-state index is 0.324. The van der Waals surface area contributed by atoms with Gasteiger partial charge in [-0.1, -0.05) is 0 Å². The number of nitrogens with two attached hydrogens (primary N) is 1. The molecule has 2 unspecified atom stereocenters. The highest BCUT2D eigenvalue weighted by atomic mass is 15.3. The Morgan fingerprint density at radius 3 is 2.90 bits per heavy atom. The summed E-state index contributed by atoms with van der Waals surface area (Å²) in [5.74, 6) is 0. The van der Waals surface area contributed by atoms with Gasteiger partial charge >= 0.3 is 0 Å². The van der Waals surface area contributed by atoms with Crippen LogP contribution in [-0.4, -0.2) is 58.3 Å². The van der Waals surface area contributed by atoms with Crippen molar-refractivity contribution in [2.45, 2.75) is 44.8 Å². The van der Waals surface area contributed by atoms with E-state index in [9.17, 15) is 0 Å². The molecule has 3 rings (SSSR count). The van der Waals surface area contributed by atoms with Crippen LogP contribution in [0.4, 0.5) is 0 Å². The number of hydrogen-bond acceptors (Lipinski definition) is 4. The van der Waals surface area contributed by atoms with E-state index < -0.39 is 0 Å². The van der Waals surface area contributed by atoms with Crippen molar-refractivity contribution in [1.82, 2.24) is 19.6 Å². The lowest BCUT2D eigenvalue weighted by atomic mass is 10.1. The Morgan fingerprint density at radius 1 is 1.35 bits per heavy atom. The molecule has 0 amide bonds. The molecule has 2 saturated heterocycles. The van der Waals surface area contributed by atoms with Gasteiger partial charge in [-0.25, -0.2) is 0 Å². The topological polar surface area (TPSA) is 50.3 Å². The van der Waals surface area contributed by atoms with E-state index in [2.05, 4.69) is 34.9 Å². The molecule has 0 aliphatic carbocycles. The van der Waals surface area contributed by atoms with Crippen molar-refractivity contribution in [3.05, 3.63) is 18.0 Å². The van der Waals surface area contributed by atoms with Crippen LogP contribution >= 0.6 is 0 Å². The van der Waals surface area contributed by atoms with E-state index in [1.807, 2.05) is 10.9 Å². The number of piperazine rings is 1. The molecule has 2 fully saturated rings. The Morgan fingerprint density at radius 2 is 2.20 bits per heavy atom. The van der Waals surface area contributed by atoms with Crippen molar-refractivity contribution in [2.75, 3.05) is 32.7 Å². The fraction of sp³-hybridized carbons (Fsp3) is 0.800. The molecule has 5 nitrogen and oxygen atoms in total. The van der Waals surface area contributed by atoms with Gasteiger partial charge in [0.1, 0.15) is 0 Å². The summed E-state index contributed by atoms with van der Waals surface area (Å²) in [6.07, 6.45) is 6.87. The van der Waals surface area contributed by atoms with Crippen molar-refractivity contribution < 1.29 is 0 Å². The molecular formula is C15H27N5. The number of rotatable bonds is 4. The molecular weight excluding hydrogens is 250 g/mol. The first-order valence-electron chi connectivity index (χ1n) is 7.91. The molecule has 0 radical (unpaired) electrons.